The first-order valence-electron chi connectivity index (χ1n) is 7.70. The first kappa shape index (κ1) is 16.5. The average Bonchev–Trinajstić information content (AvgIpc) is 3.02. The molecule has 24 heavy (non-hydrogen) atoms. The maximum absolute atomic E-state index is 12.1. The van der Waals surface area contributed by atoms with E-state index < -0.39 is 6.10 Å². The van der Waals surface area contributed by atoms with Gasteiger partial charge in [0, 0.05) is 11.6 Å². The normalized spacial score (nSPS) is 13.4. The Labute approximate surface area is 145 Å². The van der Waals surface area contributed by atoms with Crippen LogP contribution in [0.1, 0.15) is 12.5 Å². The monoisotopic (exact) mass is 347 g/mol. The first-order valence-corrected chi connectivity index (χ1v) is 8.08. The van der Waals surface area contributed by atoms with E-state index in [4.69, 9.17) is 25.8 Å². The fourth-order valence-corrected chi connectivity index (χ4v) is 2.55. The van der Waals surface area contributed by atoms with Crippen molar-refractivity contribution in [3.05, 3.63) is 53.1 Å². The van der Waals surface area contributed by atoms with Crippen molar-refractivity contribution in [1.29, 1.82) is 0 Å². The number of hydrogen-bond acceptors (Lipinski definition) is 4. The molecule has 1 heterocycles. The minimum atomic E-state index is -0.597. The lowest BCUT2D eigenvalue weighted by Gasteiger charge is -2.15. The van der Waals surface area contributed by atoms with Gasteiger partial charge in [-0.3, -0.25) is 4.79 Å². The summed E-state index contributed by atoms with van der Waals surface area (Å²) >= 11 is 5.90. The third-order valence-corrected chi connectivity index (χ3v) is 3.86. The lowest BCUT2D eigenvalue weighted by Crippen LogP contribution is -2.37. The molecular formula is C18H18ClNO4. The molecule has 0 spiro atoms. The van der Waals surface area contributed by atoms with Gasteiger partial charge in [-0.1, -0.05) is 23.7 Å². The van der Waals surface area contributed by atoms with Crippen molar-refractivity contribution in [3.8, 4) is 17.2 Å². The average molecular weight is 348 g/mol. The summed E-state index contributed by atoms with van der Waals surface area (Å²) in [6, 6.07) is 12.8. The third kappa shape index (κ3) is 4.11. The van der Waals surface area contributed by atoms with Crippen molar-refractivity contribution < 1.29 is 19.0 Å². The van der Waals surface area contributed by atoms with E-state index in [1.807, 2.05) is 18.2 Å². The summed E-state index contributed by atoms with van der Waals surface area (Å²) in [6.45, 7) is 2.48. The van der Waals surface area contributed by atoms with E-state index in [0.29, 0.717) is 23.7 Å². The minimum absolute atomic E-state index is 0.171. The molecule has 3 rings (SSSR count). The lowest BCUT2D eigenvalue weighted by molar-refractivity contribution is -0.127. The Balaban J connectivity index is 1.46. The van der Waals surface area contributed by atoms with Gasteiger partial charge in [-0.05, 0) is 49.2 Å². The Hall–Kier alpha value is -2.40. The highest BCUT2D eigenvalue weighted by Gasteiger charge is 2.15. The molecule has 1 aliphatic rings. The molecule has 1 aliphatic heterocycles. The molecule has 0 bridgehead atoms. The molecule has 1 amide bonds. The van der Waals surface area contributed by atoms with E-state index in [1.165, 1.54) is 0 Å². The highest BCUT2D eigenvalue weighted by atomic mass is 35.5. The summed E-state index contributed by atoms with van der Waals surface area (Å²) in [6.07, 6.45) is 0.104. The van der Waals surface area contributed by atoms with Crippen LogP contribution in [0.3, 0.4) is 0 Å². The number of nitrogens with one attached hydrogen (secondary N) is 1. The Morgan fingerprint density at radius 2 is 2.08 bits per heavy atom. The third-order valence-electron chi connectivity index (χ3n) is 3.63. The summed E-state index contributed by atoms with van der Waals surface area (Å²) in [7, 11) is 0. The van der Waals surface area contributed by atoms with Gasteiger partial charge in [0.15, 0.2) is 17.6 Å². The summed E-state index contributed by atoms with van der Waals surface area (Å²) in [4.78, 5) is 12.1. The number of hydrogen-bond donors (Lipinski definition) is 1. The fraction of sp³-hybridized carbons (Fsp3) is 0.278. The number of rotatable bonds is 6. The number of amides is 1. The summed E-state index contributed by atoms with van der Waals surface area (Å²) in [5.74, 6) is 1.90. The molecule has 0 aromatic heterocycles. The van der Waals surface area contributed by atoms with Crippen molar-refractivity contribution in [1.82, 2.24) is 5.32 Å². The van der Waals surface area contributed by atoms with Gasteiger partial charge in [-0.2, -0.15) is 0 Å². The molecule has 0 saturated carbocycles. The molecule has 2 aromatic rings. The van der Waals surface area contributed by atoms with Gasteiger partial charge < -0.3 is 19.5 Å². The predicted octanol–water partition coefficient (Wildman–Crippen LogP) is 3.19. The maximum Gasteiger partial charge on any atom is 0.260 e. The quantitative estimate of drug-likeness (QED) is 0.871. The number of ether oxygens (including phenoxy) is 3. The molecule has 2 aromatic carbocycles. The molecule has 0 radical (unpaired) electrons. The Morgan fingerprint density at radius 3 is 2.92 bits per heavy atom. The highest BCUT2D eigenvalue weighted by molar-refractivity contribution is 6.30. The van der Waals surface area contributed by atoms with Crippen LogP contribution in [0.15, 0.2) is 42.5 Å². The number of carbonyl (C=O) groups excluding carboxylic acids is 1. The van der Waals surface area contributed by atoms with Crippen molar-refractivity contribution >= 4 is 17.5 Å². The van der Waals surface area contributed by atoms with E-state index in [-0.39, 0.29) is 12.7 Å². The van der Waals surface area contributed by atoms with Gasteiger partial charge >= 0.3 is 0 Å². The van der Waals surface area contributed by atoms with Crippen LogP contribution in [0, 0.1) is 0 Å². The summed E-state index contributed by atoms with van der Waals surface area (Å²) < 4.78 is 16.2. The van der Waals surface area contributed by atoms with Gasteiger partial charge in [0.1, 0.15) is 5.75 Å². The Bertz CT molecular complexity index is 735. The number of fused-ring (bicyclic) bond motifs is 1. The standard InChI is InChI=1S/C18H18ClNO4/c1-12(24-15-4-2-3-14(19)10-15)18(21)20-8-7-13-5-6-16-17(9-13)23-11-22-16/h2-6,9-10,12H,7-8,11H2,1H3,(H,20,21). The minimum Gasteiger partial charge on any atom is -0.481 e. The molecule has 0 fully saturated rings. The van der Waals surface area contributed by atoms with E-state index in [1.54, 1.807) is 31.2 Å². The van der Waals surface area contributed by atoms with Crippen LogP contribution < -0.4 is 19.5 Å². The molecule has 6 heteroatoms. The van der Waals surface area contributed by atoms with E-state index in [2.05, 4.69) is 5.32 Å². The van der Waals surface area contributed by atoms with Crippen molar-refractivity contribution in [2.45, 2.75) is 19.4 Å². The van der Waals surface area contributed by atoms with Gasteiger partial charge in [0.2, 0.25) is 6.79 Å². The van der Waals surface area contributed by atoms with Crippen molar-refractivity contribution in [3.63, 3.8) is 0 Å². The predicted molar refractivity (Wildman–Crippen MR) is 90.8 cm³/mol. The number of halogens is 1. The van der Waals surface area contributed by atoms with Gasteiger partial charge in [-0.15, -0.1) is 0 Å². The highest BCUT2D eigenvalue weighted by Crippen LogP contribution is 2.32. The lowest BCUT2D eigenvalue weighted by atomic mass is 10.1. The summed E-state index contributed by atoms with van der Waals surface area (Å²) in [5.41, 5.74) is 1.07. The summed E-state index contributed by atoms with van der Waals surface area (Å²) in [5, 5.41) is 3.44. The molecule has 0 aliphatic carbocycles. The van der Waals surface area contributed by atoms with Crippen LogP contribution in [0.5, 0.6) is 17.2 Å². The Morgan fingerprint density at radius 1 is 1.25 bits per heavy atom. The largest absolute Gasteiger partial charge is 0.481 e. The van der Waals surface area contributed by atoms with Crippen LogP contribution in [0.25, 0.3) is 0 Å². The second kappa shape index (κ2) is 7.45. The second-order valence-corrected chi connectivity index (χ2v) is 5.88. The van der Waals surface area contributed by atoms with Crippen LogP contribution >= 0.6 is 11.6 Å². The van der Waals surface area contributed by atoms with Gasteiger partial charge in [0.25, 0.3) is 5.91 Å². The van der Waals surface area contributed by atoms with Crippen LogP contribution in [-0.4, -0.2) is 25.3 Å². The van der Waals surface area contributed by atoms with Crippen LogP contribution in [0.2, 0.25) is 5.02 Å². The molecule has 0 saturated heterocycles. The Kier molecular flexibility index (Phi) is 5.11. The zero-order chi connectivity index (χ0) is 16.9. The smallest absolute Gasteiger partial charge is 0.260 e. The molecule has 126 valence electrons. The first-order chi connectivity index (χ1) is 11.6. The molecular weight excluding hydrogens is 330 g/mol. The molecule has 5 nitrogen and oxygen atoms in total. The molecule has 1 unspecified atom stereocenters. The second-order valence-electron chi connectivity index (χ2n) is 5.45. The molecule has 1 atom stereocenters. The van der Waals surface area contributed by atoms with Crippen LogP contribution in [-0.2, 0) is 11.2 Å². The van der Waals surface area contributed by atoms with E-state index in [9.17, 15) is 4.79 Å². The maximum atomic E-state index is 12.1. The van der Waals surface area contributed by atoms with Gasteiger partial charge in [-0.25, -0.2) is 0 Å². The van der Waals surface area contributed by atoms with E-state index in [0.717, 1.165) is 17.1 Å². The van der Waals surface area contributed by atoms with Crippen molar-refractivity contribution in [2.75, 3.05) is 13.3 Å². The SMILES string of the molecule is CC(Oc1cccc(Cl)c1)C(=O)NCCc1ccc2c(c1)OCO2. The topological polar surface area (TPSA) is 56.8 Å². The van der Waals surface area contributed by atoms with Gasteiger partial charge in [0.05, 0.1) is 0 Å². The van der Waals surface area contributed by atoms with Crippen molar-refractivity contribution in [2.24, 2.45) is 0 Å². The zero-order valence-electron chi connectivity index (χ0n) is 13.3. The van der Waals surface area contributed by atoms with Crippen LogP contribution in [0.4, 0.5) is 0 Å². The zero-order valence-corrected chi connectivity index (χ0v) is 14.0. The number of benzene rings is 2. The molecule has 1 N–H and O–H groups in total. The van der Waals surface area contributed by atoms with E-state index >= 15 is 0 Å². The fourth-order valence-electron chi connectivity index (χ4n) is 2.37. The number of carbonyl (C=O) groups is 1.